The average Bonchev–Trinajstić information content (AvgIpc) is 2.92. The van der Waals surface area contributed by atoms with Crippen LogP contribution in [-0.2, 0) is 11.2 Å². The Morgan fingerprint density at radius 3 is 2.57 bits per heavy atom. The van der Waals surface area contributed by atoms with E-state index >= 15 is 0 Å². The Bertz CT molecular complexity index is 435. The number of imidazole rings is 1. The second-order valence-corrected chi connectivity index (χ2v) is 6.28. The first-order valence-electron chi connectivity index (χ1n) is 8.14. The minimum atomic E-state index is 0.297. The van der Waals surface area contributed by atoms with Crippen LogP contribution in [-0.4, -0.2) is 42.4 Å². The third-order valence-electron chi connectivity index (χ3n) is 4.57. The number of aryl methyl sites for hydroxylation is 1. The van der Waals surface area contributed by atoms with Crippen molar-refractivity contribution in [3.63, 3.8) is 0 Å². The summed E-state index contributed by atoms with van der Waals surface area (Å²) in [6.07, 6.45) is 5.46. The van der Waals surface area contributed by atoms with Crippen LogP contribution in [0.3, 0.4) is 0 Å². The van der Waals surface area contributed by atoms with E-state index in [1.165, 1.54) is 0 Å². The van der Waals surface area contributed by atoms with Gasteiger partial charge in [0.05, 0.1) is 18.3 Å². The first-order chi connectivity index (χ1) is 10.1. The third kappa shape index (κ3) is 3.77. The monoisotopic (exact) mass is 294 g/mol. The summed E-state index contributed by atoms with van der Waals surface area (Å²) in [6, 6.07) is 0.606. The first-order valence-corrected chi connectivity index (χ1v) is 8.14. The lowest BCUT2D eigenvalue weighted by molar-refractivity contribution is 0.162. The van der Waals surface area contributed by atoms with Crippen LogP contribution in [0.5, 0.6) is 0 Å². The number of methoxy groups -OCH3 is 1. The molecule has 0 saturated carbocycles. The second kappa shape index (κ2) is 7.27. The molecule has 2 heterocycles. The van der Waals surface area contributed by atoms with Gasteiger partial charge in [0, 0.05) is 32.4 Å². The van der Waals surface area contributed by atoms with Crippen molar-refractivity contribution >= 4 is 5.95 Å². The lowest BCUT2D eigenvalue weighted by atomic mass is 9.91. The molecule has 0 aromatic carbocycles. The Hall–Kier alpha value is -1.07. The summed E-state index contributed by atoms with van der Waals surface area (Å²) in [5.41, 5.74) is 7.19. The maximum absolute atomic E-state index is 6.04. The van der Waals surface area contributed by atoms with Crippen molar-refractivity contribution in [2.24, 2.45) is 11.7 Å². The van der Waals surface area contributed by atoms with Crippen LogP contribution in [0.1, 0.15) is 45.3 Å². The van der Waals surface area contributed by atoms with Crippen LogP contribution in [0, 0.1) is 5.92 Å². The van der Waals surface area contributed by atoms with Crippen LogP contribution in [0.2, 0.25) is 0 Å². The molecule has 5 heteroatoms. The van der Waals surface area contributed by atoms with Crippen molar-refractivity contribution in [3.8, 4) is 0 Å². The normalized spacial score (nSPS) is 19.8. The Kier molecular flexibility index (Phi) is 5.65. The molecule has 1 aromatic rings. The fraction of sp³-hybridized carbons (Fsp3) is 0.812. The number of hydrogen-bond acceptors (Lipinski definition) is 4. The van der Waals surface area contributed by atoms with Gasteiger partial charge in [0.1, 0.15) is 0 Å². The summed E-state index contributed by atoms with van der Waals surface area (Å²) in [4.78, 5) is 7.23. The van der Waals surface area contributed by atoms with Gasteiger partial charge in [0.15, 0.2) is 0 Å². The van der Waals surface area contributed by atoms with Gasteiger partial charge in [-0.25, -0.2) is 4.98 Å². The molecule has 2 rings (SSSR count). The molecule has 1 aromatic heterocycles. The van der Waals surface area contributed by atoms with Crippen molar-refractivity contribution in [2.45, 2.75) is 52.1 Å². The number of nitrogens with two attached hydrogens (primary N) is 1. The zero-order valence-electron chi connectivity index (χ0n) is 13.9. The smallest absolute Gasteiger partial charge is 0.206 e. The molecule has 2 N–H and O–H groups in total. The van der Waals surface area contributed by atoms with Gasteiger partial charge in [0.2, 0.25) is 5.95 Å². The van der Waals surface area contributed by atoms with E-state index in [1.54, 1.807) is 7.11 Å². The Balaban J connectivity index is 2.13. The van der Waals surface area contributed by atoms with E-state index in [-0.39, 0.29) is 0 Å². The summed E-state index contributed by atoms with van der Waals surface area (Å²) in [6.45, 7) is 9.26. The summed E-state index contributed by atoms with van der Waals surface area (Å²) < 4.78 is 7.58. The van der Waals surface area contributed by atoms with Crippen molar-refractivity contribution < 1.29 is 4.74 Å². The molecule has 1 fully saturated rings. The maximum atomic E-state index is 6.04. The van der Waals surface area contributed by atoms with Crippen molar-refractivity contribution in [1.29, 1.82) is 0 Å². The predicted molar refractivity (Wildman–Crippen MR) is 86.8 cm³/mol. The summed E-state index contributed by atoms with van der Waals surface area (Å²) in [7, 11) is 1.75. The fourth-order valence-corrected chi connectivity index (χ4v) is 3.11. The highest BCUT2D eigenvalue weighted by atomic mass is 16.5. The van der Waals surface area contributed by atoms with E-state index in [2.05, 4.69) is 36.4 Å². The Morgan fingerprint density at radius 2 is 2.05 bits per heavy atom. The highest BCUT2D eigenvalue weighted by Crippen LogP contribution is 2.26. The molecule has 0 bridgehead atoms. The second-order valence-electron chi connectivity index (χ2n) is 6.28. The average molecular weight is 294 g/mol. The lowest BCUT2D eigenvalue weighted by Crippen LogP contribution is -2.41. The third-order valence-corrected chi connectivity index (χ3v) is 4.57. The van der Waals surface area contributed by atoms with E-state index in [1.807, 2.05) is 0 Å². The van der Waals surface area contributed by atoms with Crippen molar-refractivity contribution in [1.82, 2.24) is 9.55 Å². The maximum Gasteiger partial charge on any atom is 0.206 e. The molecular formula is C16H30N4O. The van der Waals surface area contributed by atoms with Gasteiger partial charge in [-0.1, -0.05) is 6.92 Å². The Labute approximate surface area is 128 Å². The van der Waals surface area contributed by atoms with Gasteiger partial charge >= 0.3 is 0 Å². The van der Waals surface area contributed by atoms with Crippen LogP contribution < -0.4 is 10.6 Å². The standard InChI is InChI=1S/C16H30N4O/c1-5-15-10-20(12(2)11-21-4)16(18-15)19-8-6-14(7-9-19)13(3)17/h10,12-14H,5-9,11,17H2,1-4H3. The molecule has 120 valence electrons. The van der Waals surface area contributed by atoms with E-state index in [0.717, 1.165) is 44.0 Å². The SMILES string of the molecule is CCc1cn(C(C)COC)c(N2CCC(C(C)N)CC2)n1. The van der Waals surface area contributed by atoms with E-state index < -0.39 is 0 Å². The molecule has 0 spiro atoms. The first kappa shape index (κ1) is 16.3. The Morgan fingerprint density at radius 1 is 1.38 bits per heavy atom. The quantitative estimate of drug-likeness (QED) is 0.874. The van der Waals surface area contributed by atoms with Crippen LogP contribution in [0.25, 0.3) is 0 Å². The molecular weight excluding hydrogens is 264 g/mol. The van der Waals surface area contributed by atoms with Gasteiger partial charge in [-0.15, -0.1) is 0 Å². The number of aromatic nitrogens is 2. The minimum Gasteiger partial charge on any atom is -0.383 e. The summed E-state index contributed by atoms with van der Waals surface area (Å²) in [5.74, 6) is 1.74. The topological polar surface area (TPSA) is 56.3 Å². The van der Waals surface area contributed by atoms with Gasteiger partial charge in [0.25, 0.3) is 0 Å². The van der Waals surface area contributed by atoms with Gasteiger partial charge in [-0.05, 0) is 39.0 Å². The van der Waals surface area contributed by atoms with Crippen LogP contribution in [0.4, 0.5) is 5.95 Å². The molecule has 5 nitrogen and oxygen atoms in total. The molecule has 21 heavy (non-hydrogen) atoms. The fourth-order valence-electron chi connectivity index (χ4n) is 3.11. The van der Waals surface area contributed by atoms with Gasteiger partial charge < -0.3 is 19.9 Å². The molecule has 2 atom stereocenters. The lowest BCUT2D eigenvalue weighted by Gasteiger charge is -2.35. The van der Waals surface area contributed by atoms with Crippen LogP contribution in [0.15, 0.2) is 6.20 Å². The number of nitrogens with zero attached hydrogens (tertiary/aromatic N) is 3. The molecule has 0 radical (unpaired) electrons. The summed E-state index contributed by atoms with van der Waals surface area (Å²) >= 11 is 0. The van der Waals surface area contributed by atoms with Gasteiger partial charge in [-0.2, -0.15) is 0 Å². The van der Waals surface area contributed by atoms with Gasteiger partial charge in [-0.3, -0.25) is 0 Å². The zero-order chi connectivity index (χ0) is 15.4. The number of anilines is 1. The van der Waals surface area contributed by atoms with Crippen molar-refractivity contribution in [3.05, 3.63) is 11.9 Å². The number of piperidine rings is 1. The molecule has 1 aliphatic heterocycles. The number of hydrogen-bond donors (Lipinski definition) is 1. The van der Waals surface area contributed by atoms with E-state index in [0.29, 0.717) is 24.6 Å². The molecule has 0 amide bonds. The largest absolute Gasteiger partial charge is 0.383 e. The summed E-state index contributed by atoms with van der Waals surface area (Å²) in [5, 5.41) is 0. The zero-order valence-corrected chi connectivity index (χ0v) is 13.9. The highest BCUT2D eigenvalue weighted by Gasteiger charge is 2.25. The number of rotatable bonds is 6. The highest BCUT2D eigenvalue weighted by molar-refractivity contribution is 5.35. The number of ether oxygens (including phenoxy) is 1. The van der Waals surface area contributed by atoms with E-state index in [4.69, 9.17) is 15.5 Å². The van der Waals surface area contributed by atoms with Crippen molar-refractivity contribution in [2.75, 3.05) is 31.7 Å². The molecule has 1 saturated heterocycles. The minimum absolute atomic E-state index is 0.297. The molecule has 1 aliphatic rings. The van der Waals surface area contributed by atoms with E-state index in [9.17, 15) is 0 Å². The molecule has 0 aliphatic carbocycles. The predicted octanol–water partition coefficient (Wildman–Crippen LogP) is 2.22. The van der Waals surface area contributed by atoms with Crippen LogP contribution >= 0.6 is 0 Å². The molecule has 2 unspecified atom stereocenters.